The highest BCUT2D eigenvalue weighted by atomic mass is 32.2. The summed E-state index contributed by atoms with van der Waals surface area (Å²) in [7, 11) is -3.81. The van der Waals surface area contributed by atoms with Crippen LogP contribution in [-0.2, 0) is 16.6 Å². The average Bonchev–Trinajstić information content (AvgIpc) is 3.33. The lowest BCUT2D eigenvalue weighted by atomic mass is 10.2. The van der Waals surface area contributed by atoms with Crippen molar-refractivity contribution in [3.05, 3.63) is 109 Å². The minimum absolute atomic E-state index is 0.0450. The number of benzene rings is 2. The third-order valence-corrected chi connectivity index (χ3v) is 8.19. The van der Waals surface area contributed by atoms with Gasteiger partial charge in [-0.05, 0) is 48.0 Å². The number of pyridine rings is 1. The van der Waals surface area contributed by atoms with Crippen molar-refractivity contribution < 1.29 is 17.6 Å². The molecule has 0 fully saturated rings. The number of carbonyl (C=O) groups excluding carboxylic acids is 1. The van der Waals surface area contributed by atoms with E-state index in [4.69, 9.17) is 0 Å². The third-order valence-electron chi connectivity index (χ3n) is 5.30. The first-order chi connectivity index (χ1) is 17.3. The second-order valence-electron chi connectivity index (χ2n) is 7.76. The molecule has 10 heteroatoms. The van der Waals surface area contributed by atoms with Gasteiger partial charge in [-0.3, -0.25) is 14.7 Å². The van der Waals surface area contributed by atoms with Crippen LogP contribution in [-0.4, -0.2) is 41.7 Å². The summed E-state index contributed by atoms with van der Waals surface area (Å²) in [5.41, 5.74) is 1.21. The second kappa shape index (κ2) is 10.9. The number of rotatable bonds is 10. The zero-order valence-corrected chi connectivity index (χ0v) is 20.9. The smallest absolute Gasteiger partial charge is 0.260 e. The van der Waals surface area contributed by atoms with Crippen LogP contribution in [0.15, 0.2) is 97.2 Å². The Morgan fingerprint density at radius 3 is 2.36 bits per heavy atom. The normalized spacial score (nSPS) is 11.5. The molecule has 4 aromatic rings. The van der Waals surface area contributed by atoms with Crippen LogP contribution in [0.4, 0.5) is 9.52 Å². The lowest BCUT2D eigenvalue weighted by molar-refractivity contribution is 0.0985. The van der Waals surface area contributed by atoms with Crippen molar-refractivity contribution in [2.45, 2.75) is 11.4 Å². The Kier molecular flexibility index (Phi) is 7.68. The number of amides is 1. The van der Waals surface area contributed by atoms with Gasteiger partial charge in [0.1, 0.15) is 11.3 Å². The highest BCUT2D eigenvalue weighted by Crippen LogP contribution is 2.32. The number of sulfonamides is 1. The van der Waals surface area contributed by atoms with E-state index in [2.05, 4.69) is 23.1 Å². The highest BCUT2D eigenvalue weighted by Gasteiger charge is 2.25. The number of halogens is 1. The number of aromatic nitrogens is 2. The van der Waals surface area contributed by atoms with Gasteiger partial charge in [0.15, 0.2) is 5.13 Å². The minimum atomic E-state index is -3.81. The molecule has 7 nitrogen and oxygen atoms in total. The molecule has 0 aliphatic rings. The zero-order chi connectivity index (χ0) is 25.7. The molecule has 0 aliphatic carbocycles. The molecule has 0 aliphatic heterocycles. The third kappa shape index (κ3) is 5.25. The molecule has 4 rings (SSSR count). The molecule has 2 aromatic heterocycles. The number of nitrogens with zero attached hydrogens (tertiary/aromatic N) is 4. The number of anilines is 1. The van der Waals surface area contributed by atoms with Crippen molar-refractivity contribution >= 4 is 42.6 Å². The maximum absolute atomic E-state index is 14.3. The molecule has 36 heavy (non-hydrogen) atoms. The highest BCUT2D eigenvalue weighted by molar-refractivity contribution is 7.89. The summed E-state index contributed by atoms with van der Waals surface area (Å²) in [5, 5.41) is 0.323. The molecule has 1 amide bonds. The first kappa shape index (κ1) is 25.4. The molecule has 0 saturated carbocycles. The van der Waals surface area contributed by atoms with Crippen LogP contribution in [0, 0.1) is 5.82 Å². The van der Waals surface area contributed by atoms with Gasteiger partial charge in [0.25, 0.3) is 5.91 Å². The molecule has 2 heterocycles. The molecule has 0 saturated heterocycles. The van der Waals surface area contributed by atoms with Crippen molar-refractivity contribution in [1.82, 2.24) is 14.3 Å². The van der Waals surface area contributed by atoms with E-state index in [-0.39, 0.29) is 35.6 Å². The fourth-order valence-electron chi connectivity index (χ4n) is 3.55. The van der Waals surface area contributed by atoms with E-state index in [1.807, 2.05) is 6.07 Å². The minimum Gasteiger partial charge on any atom is -0.279 e. The lowest BCUT2D eigenvalue weighted by Gasteiger charge is -2.21. The van der Waals surface area contributed by atoms with Crippen LogP contribution in [0.3, 0.4) is 0 Å². The first-order valence-electron chi connectivity index (χ1n) is 10.9. The van der Waals surface area contributed by atoms with Crippen LogP contribution in [0.2, 0.25) is 0 Å². The van der Waals surface area contributed by atoms with Gasteiger partial charge < -0.3 is 0 Å². The van der Waals surface area contributed by atoms with Crippen molar-refractivity contribution in [3.8, 4) is 0 Å². The van der Waals surface area contributed by atoms with Crippen LogP contribution in [0.1, 0.15) is 15.9 Å². The quantitative estimate of drug-likeness (QED) is 0.273. The maximum atomic E-state index is 14.3. The maximum Gasteiger partial charge on any atom is 0.260 e. The van der Waals surface area contributed by atoms with Crippen molar-refractivity contribution in [1.29, 1.82) is 0 Å². The van der Waals surface area contributed by atoms with E-state index in [9.17, 15) is 17.6 Å². The summed E-state index contributed by atoms with van der Waals surface area (Å²) in [4.78, 5) is 23.6. The van der Waals surface area contributed by atoms with Crippen molar-refractivity contribution in [3.63, 3.8) is 0 Å². The fraction of sp³-hybridized carbons (Fsp3) is 0.115. The monoisotopic (exact) mass is 522 g/mol. The molecule has 0 unspecified atom stereocenters. The number of fused-ring (bicyclic) bond motifs is 1. The summed E-state index contributed by atoms with van der Waals surface area (Å²) in [6.07, 6.45) is 6.26. The second-order valence-corrected chi connectivity index (χ2v) is 10.7. The summed E-state index contributed by atoms with van der Waals surface area (Å²) in [5.74, 6) is -0.877. The SMILES string of the molecule is C=CCN(CC=C)S(=O)(=O)c1ccc(C(=O)N(Cc2cccnc2)c2nc3c(F)cccc3s2)cc1. The Hall–Kier alpha value is -3.73. The number of para-hydroxylation sites is 1. The van der Waals surface area contributed by atoms with E-state index in [0.29, 0.717) is 9.83 Å². The Labute approximate surface area is 212 Å². The van der Waals surface area contributed by atoms with Gasteiger partial charge in [0.2, 0.25) is 10.0 Å². The fourth-order valence-corrected chi connectivity index (χ4v) is 5.91. The molecule has 0 bridgehead atoms. The number of hydrogen-bond acceptors (Lipinski definition) is 6. The molecule has 0 N–H and O–H groups in total. The predicted octanol–water partition coefficient (Wildman–Crippen LogP) is 5.04. The van der Waals surface area contributed by atoms with Gasteiger partial charge in [0, 0.05) is 31.0 Å². The van der Waals surface area contributed by atoms with Gasteiger partial charge in [-0.15, -0.1) is 13.2 Å². The van der Waals surface area contributed by atoms with E-state index in [1.54, 1.807) is 30.6 Å². The summed E-state index contributed by atoms with van der Waals surface area (Å²) >= 11 is 1.20. The molecular weight excluding hydrogens is 499 g/mol. The largest absolute Gasteiger partial charge is 0.279 e. The Morgan fingerprint density at radius 1 is 1.03 bits per heavy atom. The van der Waals surface area contributed by atoms with Gasteiger partial charge in [-0.2, -0.15) is 4.31 Å². The van der Waals surface area contributed by atoms with Crippen LogP contribution in [0.5, 0.6) is 0 Å². The standard InChI is InChI=1S/C26H23FN4O3S2/c1-3-15-30(16-4-2)36(33,34)21-12-10-20(11-13-21)25(32)31(18-19-7-6-14-28-17-19)26-29-24-22(27)8-5-9-23(24)35-26/h3-14,17H,1-2,15-16,18H2. The number of hydrogen-bond donors (Lipinski definition) is 0. The van der Waals surface area contributed by atoms with E-state index >= 15 is 0 Å². The van der Waals surface area contributed by atoms with Crippen molar-refractivity contribution in [2.75, 3.05) is 18.0 Å². The van der Waals surface area contributed by atoms with Gasteiger partial charge in [-0.25, -0.2) is 17.8 Å². The van der Waals surface area contributed by atoms with E-state index in [1.165, 1.54) is 63.0 Å². The Balaban J connectivity index is 1.69. The summed E-state index contributed by atoms with van der Waals surface area (Å²) in [6.45, 7) is 7.62. The molecule has 0 radical (unpaired) electrons. The molecule has 2 aromatic carbocycles. The molecule has 184 valence electrons. The first-order valence-corrected chi connectivity index (χ1v) is 13.2. The Bertz CT molecular complexity index is 1490. The van der Waals surface area contributed by atoms with Gasteiger partial charge in [-0.1, -0.05) is 35.6 Å². The molecular formula is C26H23FN4O3S2. The van der Waals surface area contributed by atoms with Crippen LogP contribution >= 0.6 is 11.3 Å². The summed E-state index contributed by atoms with van der Waals surface area (Å²) < 4.78 is 42.2. The lowest BCUT2D eigenvalue weighted by Crippen LogP contribution is -2.32. The average molecular weight is 523 g/mol. The molecule has 0 spiro atoms. The number of carbonyl (C=O) groups is 1. The summed E-state index contributed by atoms with van der Waals surface area (Å²) in [6, 6.07) is 13.9. The Morgan fingerprint density at radius 2 is 1.75 bits per heavy atom. The van der Waals surface area contributed by atoms with Crippen LogP contribution < -0.4 is 4.90 Å². The topological polar surface area (TPSA) is 83.5 Å². The van der Waals surface area contributed by atoms with E-state index in [0.717, 1.165) is 5.56 Å². The van der Waals surface area contributed by atoms with Gasteiger partial charge >= 0.3 is 0 Å². The zero-order valence-electron chi connectivity index (χ0n) is 19.2. The van der Waals surface area contributed by atoms with Crippen molar-refractivity contribution in [2.24, 2.45) is 0 Å². The number of thiazole rings is 1. The van der Waals surface area contributed by atoms with E-state index < -0.39 is 21.7 Å². The van der Waals surface area contributed by atoms with Gasteiger partial charge in [0.05, 0.1) is 16.1 Å². The van der Waals surface area contributed by atoms with Crippen LogP contribution in [0.25, 0.3) is 10.2 Å². The predicted molar refractivity (Wildman–Crippen MR) is 140 cm³/mol. The molecule has 0 atom stereocenters.